The van der Waals surface area contributed by atoms with Gasteiger partial charge in [0.15, 0.2) is 12.6 Å². The molecule has 52 valence electrons. The molecule has 2 saturated heterocycles. The minimum Gasteiger partial charge on any atom is -0.368 e. The molecule has 0 aliphatic carbocycles. The first-order valence-electron chi connectivity index (χ1n) is 3.31. The van der Waals surface area contributed by atoms with Gasteiger partial charge < -0.3 is 14.6 Å². The van der Waals surface area contributed by atoms with Gasteiger partial charge in [-0.25, -0.2) is 0 Å². The van der Waals surface area contributed by atoms with E-state index in [9.17, 15) is 0 Å². The number of ether oxygens (including phenoxy) is 2. The van der Waals surface area contributed by atoms with E-state index in [1.807, 2.05) is 0 Å². The molecule has 0 aromatic heterocycles. The minimum atomic E-state index is -0.569. The second-order valence-corrected chi connectivity index (χ2v) is 2.61. The summed E-state index contributed by atoms with van der Waals surface area (Å²) in [5, 5.41) is 8.93. The van der Waals surface area contributed by atoms with Crippen molar-refractivity contribution >= 4 is 0 Å². The summed E-state index contributed by atoms with van der Waals surface area (Å²) in [6.07, 6.45) is 1.13. The maximum atomic E-state index is 8.93. The average molecular weight is 130 g/mol. The van der Waals surface area contributed by atoms with E-state index >= 15 is 0 Å². The van der Waals surface area contributed by atoms with Crippen LogP contribution in [0.25, 0.3) is 0 Å². The first kappa shape index (κ1) is 5.65. The summed E-state index contributed by atoms with van der Waals surface area (Å²) in [5.41, 5.74) is 0. The SMILES string of the molecule is O[C@H]1C[C@@H]2CCO[C@@H]2O1. The first-order chi connectivity index (χ1) is 4.36. The van der Waals surface area contributed by atoms with Gasteiger partial charge in [-0.3, -0.25) is 0 Å². The maximum Gasteiger partial charge on any atom is 0.163 e. The van der Waals surface area contributed by atoms with Gasteiger partial charge in [0.2, 0.25) is 0 Å². The van der Waals surface area contributed by atoms with Crippen LogP contribution in [0.5, 0.6) is 0 Å². The highest BCUT2D eigenvalue weighted by molar-refractivity contribution is 4.76. The van der Waals surface area contributed by atoms with Gasteiger partial charge in [0.25, 0.3) is 0 Å². The predicted molar refractivity (Wildman–Crippen MR) is 29.6 cm³/mol. The van der Waals surface area contributed by atoms with Crippen LogP contribution in [-0.4, -0.2) is 24.3 Å². The molecule has 0 spiro atoms. The number of fused-ring (bicyclic) bond motifs is 1. The third-order valence-electron chi connectivity index (χ3n) is 1.95. The molecule has 3 atom stereocenters. The van der Waals surface area contributed by atoms with Crippen LogP contribution in [-0.2, 0) is 9.47 Å². The molecule has 3 heteroatoms. The monoisotopic (exact) mass is 130 g/mol. The Bertz CT molecular complexity index is 103. The Hall–Kier alpha value is -0.120. The van der Waals surface area contributed by atoms with Crippen molar-refractivity contribution in [3.63, 3.8) is 0 Å². The highest BCUT2D eigenvalue weighted by atomic mass is 16.7. The molecule has 0 amide bonds. The lowest BCUT2D eigenvalue weighted by Crippen LogP contribution is -2.11. The normalized spacial score (nSPS) is 49.7. The van der Waals surface area contributed by atoms with Crippen molar-refractivity contribution in [3.05, 3.63) is 0 Å². The third-order valence-corrected chi connectivity index (χ3v) is 1.95. The summed E-state index contributed by atoms with van der Waals surface area (Å²) in [4.78, 5) is 0. The van der Waals surface area contributed by atoms with Gasteiger partial charge in [0.1, 0.15) is 0 Å². The van der Waals surface area contributed by atoms with Crippen LogP contribution in [0.15, 0.2) is 0 Å². The third kappa shape index (κ3) is 0.852. The van der Waals surface area contributed by atoms with Crippen molar-refractivity contribution in [2.24, 2.45) is 5.92 Å². The molecule has 0 aromatic carbocycles. The van der Waals surface area contributed by atoms with Crippen molar-refractivity contribution in [1.82, 2.24) is 0 Å². The molecule has 2 aliphatic heterocycles. The molecule has 2 fully saturated rings. The van der Waals surface area contributed by atoms with Crippen LogP contribution >= 0.6 is 0 Å². The Kier molecular flexibility index (Phi) is 1.22. The summed E-state index contributed by atoms with van der Waals surface area (Å²) in [5.74, 6) is 0.458. The number of hydrogen-bond acceptors (Lipinski definition) is 3. The zero-order valence-electron chi connectivity index (χ0n) is 5.12. The minimum absolute atomic E-state index is 0.0972. The standard InChI is InChI=1S/C6H10O3/c7-5-3-4-1-2-8-6(4)9-5/h4-7H,1-3H2/t4-,5+,6+/m0/s1. The number of aliphatic hydroxyl groups excluding tert-OH is 1. The molecular weight excluding hydrogens is 120 g/mol. The second kappa shape index (κ2) is 1.94. The van der Waals surface area contributed by atoms with Gasteiger partial charge in [-0.05, 0) is 6.42 Å². The van der Waals surface area contributed by atoms with Crippen LogP contribution in [0.3, 0.4) is 0 Å². The lowest BCUT2D eigenvalue weighted by Gasteiger charge is -2.05. The summed E-state index contributed by atoms with van der Waals surface area (Å²) in [7, 11) is 0. The Morgan fingerprint density at radius 3 is 3.11 bits per heavy atom. The molecule has 2 rings (SSSR count). The van der Waals surface area contributed by atoms with E-state index in [2.05, 4.69) is 0 Å². The molecule has 2 heterocycles. The smallest absolute Gasteiger partial charge is 0.163 e. The topological polar surface area (TPSA) is 38.7 Å². The van der Waals surface area contributed by atoms with Gasteiger partial charge in [0, 0.05) is 12.3 Å². The fourth-order valence-electron chi connectivity index (χ4n) is 1.46. The maximum absolute atomic E-state index is 8.93. The van der Waals surface area contributed by atoms with Crippen LogP contribution in [0.2, 0.25) is 0 Å². The fourth-order valence-corrected chi connectivity index (χ4v) is 1.46. The summed E-state index contributed by atoms with van der Waals surface area (Å²) < 4.78 is 10.2. The molecule has 1 N–H and O–H groups in total. The molecule has 2 aliphatic rings. The van der Waals surface area contributed by atoms with Crippen molar-refractivity contribution in [2.75, 3.05) is 6.61 Å². The van der Waals surface area contributed by atoms with E-state index in [1.165, 1.54) is 0 Å². The van der Waals surface area contributed by atoms with Crippen molar-refractivity contribution in [2.45, 2.75) is 25.4 Å². The fraction of sp³-hybridized carbons (Fsp3) is 1.00. The van der Waals surface area contributed by atoms with Gasteiger partial charge in [0.05, 0.1) is 6.61 Å². The Labute approximate surface area is 53.6 Å². The molecule has 3 nitrogen and oxygen atoms in total. The Balaban J connectivity index is 2.02. The highest BCUT2D eigenvalue weighted by Gasteiger charge is 2.38. The van der Waals surface area contributed by atoms with Crippen molar-refractivity contribution < 1.29 is 14.6 Å². The summed E-state index contributed by atoms with van der Waals surface area (Å²) in [6.45, 7) is 0.794. The average Bonchev–Trinajstić information content (AvgIpc) is 2.22. The van der Waals surface area contributed by atoms with E-state index in [1.54, 1.807) is 0 Å². The van der Waals surface area contributed by atoms with E-state index in [0.29, 0.717) is 5.92 Å². The molecule has 0 aromatic rings. The predicted octanol–water partition coefficient (Wildman–Crippen LogP) is 0.0877. The zero-order valence-corrected chi connectivity index (χ0v) is 5.12. The number of aliphatic hydroxyl groups is 1. The highest BCUT2D eigenvalue weighted by Crippen LogP contribution is 2.33. The van der Waals surface area contributed by atoms with Crippen LogP contribution in [0.4, 0.5) is 0 Å². The summed E-state index contributed by atoms with van der Waals surface area (Å²) in [6, 6.07) is 0. The second-order valence-electron chi connectivity index (χ2n) is 2.61. The van der Waals surface area contributed by atoms with Gasteiger partial charge >= 0.3 is 0 Å². The molecule has 0 unspecified atom stereocenters. The Morgan fingerprint density at radius 1 is 1.44 bits per heavy atom. The van der Waals surface area contributed by atoms with Gasteiger partial charge in [-0.15, -0.1) is 0 Å². The number of rotatable bonds is 0. The van der Waals surface area contributed by atoms with Crippen LogP contribution in [0, 0.1) is 5.92 Å². The van der Waals surface area contributed by atoms with Crippen molar-refractivity contribution in [1.29, 1.82) is 0 Å². The van der Waals surface area contributed by atoms with E-state index in [4.69, 9.17) is 14.6 Å². The zero-order chi connectivity index (χ0) is 6.27. The first-order valence-corrected chi connectivity index (χ1v) is 3.31. The largest absolute Gasteiger partial charge is 0.368 e. The number of hydrogen-bond donors (Lipinski definition) is 1. The molecule has 0 radical (unpaired) electrons. The van der Waals surface area contributed by atoms with Crippen LogP contribution in [0.1, 0.15) is 12.8 Å². The molecule has 9 heavy (non-hydrogen) atoms. The van der Waals surface area contributed by atoms with Crippen molar-refractivity contribution in [3.8, 4) is 0 Å². The lowest BCUT2D eigenvalue weighted by molar-refractivity contribution is -0.175. The summed E-state index contributed by atoms with van der Waals surface area (Å²) >= 11 is 0. The quantitative estimate of drug-likeness (QED) is 0.505. The van der Waals surface area contributed by atoms with E-state index < -0.39 is 6.29 Å². The van der Waals surface area contributed by atoms with E-state index in [-0.39, 0.29) is 6.29 Å². The van der Waals surface area contributed by atoms with Gasteiger partial charge in [-0.2, -0.15) is 0 Å². The van der Waals surface area contributed by atoms with Crippen LogP contribution < -0.4 is 0 Å². The van der Waals surface area contributed by atoms with E-state index in [0.717, 1.165) is 19.4 Å². The van der Waals surface area contributed by atoms with Gasteiger partial charge in [-0.1, -0.05) is 0 Å². The Morgan fingerprint density at radius 2 is 2.33 bits per heavy atom. The molecule has 0 bridgehead atoms. The molecule has 0 saturated carbocycles. The molecular formula is C6H10O3. The lowest BCUT2D eigenvalue weighted by atomic mass is 10.1.